The lowest BCUT2D eigenvalue weighted by molar-refractivity contribution is -0.134. The van der Waals surface area contributed by atoms with E-state index in [0.717, 1.165) is 45.5 Å². The van der Waals surface area contributed by atoms with Crippen LogP contribution in [0.3, 0.4) is 0 Å². The van der Waals surface area contributed by atoms with Gasteiger partial charge in [-0.1, -0.05) is 6.92 Å². The van der Waals surface area contributed by atoms with Gasteiger partial charge in [0.15, 0.2) is 0 Å². The molecule has 2 fully saturated rings. The van der Waals surface area contributed by atoms with Crippen molar-refractivity contribution in [2.45, 2.75) is 51.2 Å². The number of hydrogen-bond acceptors (Lipinski definition) is 3. The highest BCUT2D eigenvalue weighted by molar-refractivity contribution is 5.76. The number of hydrogen-bond donors (Lipinski definition) is 1. The van der Waals surface area contributed by atoms with Crippen LogP contribution in [-0.2, 0) is 9.53 Å². The van der Waals surface area contributed by atoms with Crippen LogP contribution in [0.5, 0.6) is 0 Å². The van der Waals surface area contributed by atoms with E-state index < -0.39 is 0 Å². The Morgan fingerprint density at radius 3 is 3.00 bits per heavy atom. The van der Waals surface area contributed by atoms with E-state index >= 15 is 0 Å². The van der Waals surface area contributed by atoms with E-state index in [1.54, 1.807) is 0 Å². The summed E-state index contributed by atoms with van der Waals surface area (Å²) in [7, 11) is 0. The van der Waals surface area contributed by atoms with Crippen molar-refractivity contribution in [1.29, 1.82) is 0 Å². The van der Waals surface area contributed by atoms with Crippen LogP contribution in [0.15, 0.2) is 0 Å². The highest BCUT2D eigenvalue weighted by Gasteiger charge is 2.26. The molecule has 2 saturated heterocycles. The number of likely N-dealkylation sites (N-methyl/N-ethyl adjacent to an activating group) is 1. The van der Waals surface area contributed by atoms with Crippen LogP contribution in [0.1, 0.15) is 39.0 Å². The fourth-order valence-electron chi connectivity index (χ4n) is 2.79. The number of piperidine rings is 1. The van der Waals surface area contributed by atoms with Crippen LogP contribution >= 0.6 is 0 Å². The van der Waals surface area contributed by atoms with Gasteiger partial charge in [0.2, 0.25) is 5.91 Å². The number of amides is 1. The summed E-state index contributed by atoms with van der Waals surface area (Å²) in [5.41, 5.74) is 0. The maximum Gasteiger partial charge on any atom is 0.225 e. The predicted molar refractivity (Wildman–Crippen MR) is 66.9 cm³/mol. The quantitative estimate of drug-likeness (QED) is 0.801. The SMILES string of the molecule is CCNC1CCCN(C(=O)CC2CCCO2)C1. The Balaban J connectivity index is 1.77. The fraction of sp³-hybridized carbons (Fsp3) is 0.923. The molecule has 0 aliphatic carbocycles. The molecule has 0 spiro atoms. The third kappa shape index (κ3) is 3.68. The summed E-state index contributed by atoms with van der Waals surface area (Å²) >= 11 is 0. The maximum absolute atomic E-state index is 12.1. The average Bonchev–Trinajstić information content (AvgIpc) is 2.83. The zero-order valence-electron chi connectivity index (χ0n) is 10.8. The summed E-state index contributed by atoms with van der Waals surface area (Å²) in [5, 5.41) is 3.44. The molecule has 2 aliphatic heterocycles. The van der Waals surface area contributed by atoms with Gasteiger partial charge in [0.25, 0.3) is 0 Å². The summed E-state index contributed by atoms with van der Waals surface area (Å²) in [6.45, 7) is 5.73. The molecule has 2 aliphatic rings. The first-order valence-electron chi connectivity index (χ1n) is 6.92. The molecule has 98 valence electrons. The Bertz CT molecular complexity index is 250. The third-order valence-corrected chi connectivity index (χ3v) is 3.69. The van der Waals surface area contributed by atoms with Crippen molar-refractivity contribution in [2.24, 2.45) is 0 Å². The molecule has 2 rings (SSSR count). The minimum atomic E-state index is 0.182. The summed E-state index contributed by atoms with van der Waals surface area (Å²) < 4.78 is 5.53. The minimum Gasteiger partial charge on any atom is -0.378 e. The molecule has 0 aromatic rings. The van der Waals surface area contributed by atoms with Crippen molar-refractivity contribution in [3.05, 3.63) is 0 Å². The summed E-state index contributed by atoms with van der Waals surface area (Å²) in [5.74, 6) is 0.277. The van der Waals surface area contributed by atoms with Gasteiger partial charge < -0.3 is 15.0 Å². The number of carbonyl (C=O) groups is 1. The van der Waals surface area contributed by atoms with E-state index in [0.29, 0.717) is 12.5 Å². The van der Waals surface area contributed by atoms with Crippen molar-refractivity contribution in [3.8, 4) is 0 Å². The van der Waals surface area contributed by atoms with Gasteiger partial charge >= 0.3 is 0 Å². The lowest BCUT2D eigenvalue weighted by Crippen LogP contribution is -2.48. The number of likely N-dealkylation sites (tertiary alicyclic amines) is 1. The van der Waals surface area contributed by atoms with E-state index in [9.17, 15) is 4.79 Å². The first kappa shape index (κ1) is 12.8. The monoisotopic (exact) mass is 240 g/mol. The van der Waals surface area contributed by atoms with Crippen molar-refractivity contribution >= 4 is 5.91 Å². The summed E-state index contributed by atoms with van der Waals surface area (Å²) in [4.78, 5) is 14.1. The van der Waals surface area contributed by atoms with E-state index in [4.69, 9.17) is 4.74 Å². The zero-order chi connectivity index (χ0) is 12.1. The number of nitrogens with zero attached hydrogens (tertiary/aromatic N) is 1. The lowest BCUT2D eigenvalue weighted by atomic mass is 10.0. The van der Waals surface area contributed by atoms with Gasteiger partial charge in [0.1, 0.15) is 0 Å². The molecule has 2 heterocycles. The Labute approximate surface area is 104 Å². The predicted octanol–water partition coefficient (Wildman–Crippen LogP) is 1.16. The van der Waals surface area contributed by atoms with Gasteiger partial charge in [-0.25, -0.2) is 0 Å². The van der Waals surface area contributed by atoms with Crippen LogP contribution in [0.4, 0.5) is 0 Å². The molecule has 4 nitrogen and oxygen atoms in total. The van der Waals surface area contributed by atoms with E-state index in [1.807, 2.05) is 4.90 Å². The van der Waals surface area contributed by atoms with E-state index in [-0.39, 0.29) is 12.0 Å². The largest absolute Gasteiger partial charge is 0.378 e. The normalized spacial score (nSPS) is 29.6. The minimum absolute atomic E-state index is 0.182. The molecule has 4 heteroatoms. The lowest BCUT2D eigenvalue weighted by Gasteiger charge is -2.33. The third-order valence-electron chi connectivity index (χ3n) is 3.69. The standard InChI is InChI=1S/C13H24N2O2/c1-2-14-11-5-3-7-15(10-11)13(16)9-12-6-4-8-17-12/h11-12,14H,2-10H2,1H3. The Kier molecular flexibility index (Phi) is 4.80. The number of rotatable bonds is 4. The Morgan fingerprint density at radius 2 is 2.29 bits per heavy atom. The Morgan fingerprint density at radius 1 is 1.41 bits per heavy atom. The maximum atomic E-state index is 12.1. The van der Waals surface area contributed by atoms with Gasteiger partial charge in [0.05, 0.1) is 12.5 Å². The molecule has 0 bridgehead atoms. The van der Waals surface area contributed by atoms with Crippen molar-refractivity contribution < 1.29 is 9.53 Å². The van der Waals surface area contributed by atoms with Crippen LogP contribution in [0.2, 0.25) is 0 Å². The molecule has 1 N–H and O–H groups in total. The molecule has 0 saturated carbocycles. The van der Waals surface area contributed by atoms with Gasteiger partial charge in [-0.05, 0) is 32.2 Å². The van der Waals surface area contributed by atoms with Crippen LogP contribution in [-0.4, -0.2) is 49.2 Å². The molecule has 2 atom stereocenters. The molecule has 17 heavy (non-hydrogen) atoms. The van der Waals surface area contributed by atoms with E-state index in [2.05, 4.69) is 12.2 Å². The molecular weight excluding hydrogens is 216 g/mol. The topological polar surface area (TPSA) is 41.6 Å². The zero-order valence-corrected chi connectivity index (χ0v) is 10.8. The van der Waals surface area contributed by atoms with Crippen LogP contribution in [0.25, 0.3) is 0 Å². The molecule has 0 aromatic heterocycles. The second kappa shape index (κ2) is 6.36. The molecular formula is C13H24N2O2. The second-order valence-corrected chi connectivity index (χ2v) is 5.08. The summed E-state index contributed by atoms with van der Waals surface area (Å²) in [6, 6.07) is 0.488. The first-order valence-corrected chi connectivity index (χ1v) is 6.92. The molecule has 0 radical (unpaired) electrons. The van der Waals surface area contributed by atoms with Crippen molar-refractivity contribution in [1.82, 2.24) is 10.2 Å². The van der Waals surface area contributed by atoms with Gasteiger partial charge in [0, 0.05) is 25.7 Å². The molecule has 2 unspecified atom stereocenters. The molecule has 1 amide bonds. The highest BCUT2D eigenvalue weighted by Crippen LogP contribution is 2.18. The van der Waals surface area contributed by atoms with Crippen LogP contribution < -0.4 is 5.32 Å². The smallest absolute Gasteiger partial charge is 0.225 e. The van der Waals surface area contributed by atoms with E-state index in [1.165, 1.54) is 6.42 Å². The summed E-state index contributed by atoms with van der Waals surface area (Å²) in [6.07, 6.45) is 5.24. The van der Waals surface area contributed by atoms with Crippen molar-refractivity contribution in [2.75, 3.05) is 26.2 Å². The molecule has 0 aromatic carbocycles. The fourth-order valence-corrected chi connectivity index (χ4v) is 2.79. The number of nitrogens with one attached hydrogen (secondary N) is 1. The van der Waals surface area contributed by atoms with Crippen LogP contribution in [0, 0.1) is 0 Å². The number of ether oxygens (including phenoxy) is 1. The van der Waals surface area contributed by atoms with Gasteiger partial charge in [-0.3, -0.25) is 4.79 Å². The van der Waals surface area contributed by atoms with Crippen molar-refractivity contribution in [3.63, 3.8) is 0 Å². The second-order valence-electron chi connectivity index (χ2n) is 5.08. The van der Waals surface area contributed by atoms with Gasteiger partial charge in [-0.2, -0.15) is 0 Å². The Hall–Kier alpha value is -0.610. The highest BCUT2D eigenvalue weighted by atomic mass is 16.5. The first-order chi connectivity index (χ1) is 8.29. The average molecular weight is 240 g/mol. The number of carbonyl (C=O) groups excluding carboxylic acids is 1. The van der Waals surface area contributed by atoms with Gasteiger partial charge in [-0.15, -0.1) is 0 Å².